The van der Waals surface area contributed by atoms with Gasteiger partial charge in [-0.25, -0.2) is 0 Å². The van der Waals surface area contributed by atoms with E-state index in [1.54, 1.807) is 4.90 Å². The summed E-state index contributed by atoms with van der Waals surface area (Å²) in [7, 11) is 0. The fourth-order valence-electron chi connectivity index (χ4n) is 2.56. The molecule has 2 rings (SSSR count). The molecule has 1 saturated heterocycles. The molecule has 1 amide bonds. The van der Waals surface area contributed by atoms with E-state index >= 15 is 0 Å². The first-order valence-corrected chi connectivity index (χ1v) is 7.37. The van der Waals surface area contributed by atoms with Crippen molar-refractivity contribution in [1.82, 2.24) is 4.90 Å². The largest absolute Gasteiger partial charge is 0.391 e. The number of carbonyl (C=O) groups is 1. The standard InChI is InChI=1S/C16H24N2O2/c1-3-17(14-7-5-4-6-8-14)12-16(20)18-10-9-13(2)15(19)11-18/h4-8,13,15,19H,3,9-12H2,1-2H3. The molecule has 1 fully saturated rings. The average Bonchev–Trinajstić information content (AvgIpc) is 2.48. The van der Waals surface area contributed by atoms with Gasteiger partial charge >= 0.3 is 0 Å². The number of benzene rings is 1. The van der Waals surface area contributed by atoms with Gasteiger partial charge in [0.05, 0.1) is 12.6 Å². The van der Waals surface area contributed by atoms with Gasteiger partial charge in [-0.1, -0.05) is 25.1 Å². The average molecular weight is 276 g/mol. The van der Waals surface area contributed by atoms with Crippen LogP contribution in [0.25, 0.3) is 0 Å². The van der Waals surface area contributed by atoms with Crippen LogP contribution in [0.5, 0.6) is 0 Å². The Bertz CT molecular complexity index is 435. The first-order valence-electron chi connectivity index (χ1n) is 7.37. The van der Waals surface area contributed by atoms with Gasteiger partial charge in [-0.15, -0.1) is 0 Å². The molecular formula is C16H24N2O2. The minimum absolute atomic E-state index is 0.0988. The van der Waals surface area contributed by atoms with E-state index in [4.69, 9.17) is 0 Å². The highest BCUT2D eigenvalue weighted by atomic mass is 16.3. The van der Waals surface area contributed by atoms with Gasteiger partial charge in [0, 0.05) is 25.3 Å². The molecule has 2 atom stereocenters. The van der Waals surface area contributed by atoms with Gasteiger partial charge in [0.15, 0.2) is 0 Å². The molecule has 1 aromatic carbocycles. The summed E-state index contributed by atoms with van der Waals surface area (Å²) < 4.78 is 0. The van der Waals surface area contributed by atoms with Gasteiger partial charge in [-0.3, -0.25) is 4.79 Å². The molecule has 20 heavy (non-hydrogen) atoms. The summed E-state index contributed by atoms with van der Waals surface area (Å²) in [6, 6.07) is 9.97. The molecule has 2 unspecified atom stereocenters. The van der Waals surface area contributed by atoms with Crippen LogP contribution < -0.4 is 4.90 Å². The number of hydrogen-bond donors (Lipinski definition) is 1. The first-order chi connectivity index (χ1) is 9.61. The van der Waals surface area contributed by atoms with Crippen LogP contribution in [0.4, 0.5) is 5.69 Å². The lowest BCUT2D eigenvalue weighted by atomic mass is 9.96. The molecule has 1 heterocycles. The second-order valence-corrected chi connectivity index (χ2v) is 5.52. The molecule has 1 aliphatic rings. The molecular weight excluding hydrogens is 252 g/mol. The Labute approximate surface area is 121 Å². The number of hydrogen-bond acceptors (Lipinski definition) is 3. The van der Waals surface area contributed by atoms with E-state index in [0.29, 0.717) is 13.1 Å². The number of likely N-dealkylation sites (N-methyl/N-ethyl adjacent to an activating group) is 1. The van der Waals surface area contributed by atoms with Crippen LogP contribution in [0.3, 0.4) is 0 Å². The maximum absolute atomic E-state index is 12.4. The lowest BCUT2D eigenvalue weighted by Crippen LogP contribution is -2.49. The van der Waals surface area contributed by atoms with Gasteiger partial charge in [0.25, 0.3) is 0 Å². The van der Waals surface area contributed by atoms with E-state index in [-0.39, 0.29) is 17.9 Å². The lowest BCUT2D eigenvalue weighted by Gasteiger charge is -2.35. The van der Waals surface area contributed by atoms with Crippen LogP contribution in [-0.4, -0.2) is 48.2 Å². The van der Waals surface area contributed by atoms with Crippen LogP contribution in [0.1, 0.15) is 20.3 Å². The van der Waals surface area contributed by atoms with Crippen molar-refractivity contribution in [3.63, 3.8) is 0 Å². The number of carbonyl (C=O) groups excluding carboxylic acids is 1. The number of aliphatic hydroxyl groups excluding tert-OH is 1. The van der Waals surface area contributed by atoms with Crippen molar-refractivity contribution in [2.75, 3.05) is 31.1 Å². The van der Waals surface area contributed by atoms with Crippen molar-refractivity contribution in [1.29, 1.82) is 0 Å². The van der Waals surface area contributed by atoms with Crippen molar-refractivity contribution in [3.8, 4) is 0 Å². The van der Waals surface area contributed by atoms with Crippen molar-refractivity contribution in [3.05, 3.63) is 30.3 Å². The topological polar surface area (TPSA) is 43.8 Å². The summed E-state index contributed by atoms with van der Waals surface area (Å²) in [6.45, 7) is 6.47. The smallest absolute Gasteiger partial charge is 0.242 e. The summed E-state index contributed by atoms with van der Waals surface area (Å²) in [6.07, 6.45) is 0.490. The molecule has 0 saturated carbocycles. The van der Waals surface area contributed by atoms with Crippen molar-refractivity contribution < 1.29 is 9.90 Å². The minimum atomic E-state index is -0.389. The zero-order valence-corrected chi connectivity index (χ0v) is 12.3. The Morgan fingerprint density at radius 2 is 2.10 bits per heavy atom. The Kier molecular flexibility index (Phi) is 5.01. The van der Waals surface area contributed by atoms with Crippen LogP contribution in [-0.2, 0) is 4.79 Å². The van der Waals surface area contributed by atoms with Crippen molar-refractivity contribution >= 4 is 11.6 Å². The lowest BCUT2D eigenvalue weighted by molar-refractivity contribution is -0.133. The van der Waals surface area contributed by atoms with Gasteiger partial charge in [0.2, 0.25) is 5.91 Å². The number of amides is 1. The summed E-state index contributed by atoms with van der Waals surface area (Å²) >= 11 is 0. The molecule has 1 N–H and O–H groups in total. The van der Waals surface area contributed by atoms with Crippen LogP contribution in [0.15, 0.2) is 30.3 Å². The number of nitrogens with zero attached hydrogens (tertiary/aromatic N) is 2. The number of rotatable bonds is 4. The summed E-state index contributed by atoms with van der Waals surface area (Å²) in [4.78, 5) is 16.2. The maximum atomic E-state index is 12.4. The zero-order valence-electron chi connectivity index (χ0n) is 12.3. The van der Waals surface area contributed by atoms with Crippen LogP contribution >= 0.6 is 0 Å². The molecule has 0 aliphatic carbocycles. The van der Waals surface area contributed by atoms with E-state index in [0.717, 1.165) is 25.2 Å². The number of β-amino-alcohol motifs (C(OH)–C–C–N with tert-alkyl or cyclic N) is 1. The fourth-order valence-corrected chi connectivity index (χ4v) is 2.56. The SMILES string of the molecule is CCN(CC(=O)N1CCC(C)C(O)C1)c1ccccc1. The highest BCUT2D eigenvalue weighted by molar-refractivity contribution is 5.81. The Morgan fingerprint density at radius 1 is 1.40 bits per heavy atom. The number of likely N-dealkylation sites (tertiary alicyclic amines) is 1. The number of para-hydroxylation sites is 1. The number of aliphatic hydroxyl groups is 1. The number of anilines is 1. The highest BCUT2D eigenvalue weighted by Crippen LogP contribution is 2.18. The Hall–Kier alpha value is -1.55. The fraction of sp³-hybridized carbons (Fsp3) is 0.562. The highest BCUT2D eigenvalue weighted by Gasteiger charge is 2.27. The molecule has 1 aromatic rings. The third-order valence-electron chi connectivity index (χ3n) is 4.10. The third-order valence-corrected chi connectivity index (χ3v) is 4.10. The van der Waals surface area contributed by atoms with Gasteiger partial charge in [-0.05, 0) is 31.4 Å². The Balaban J connectivity index is 1.96. The predicted octanol–water partition coefficient (Wildman–Crippen LogP) is 1.74. The molecule has 4 heteroatoms. The molecule has 4 nitrogen and oxygen atoms in total. The Morgan fingerprint density at radius 3 is 2.70 bits per heavy atom. The molecule has 0 bridgehead atoms. The molecule has 0 radical (unpaired) electrons. The molecule has 0 spiro atoms. The van der Waals surface area contributed by atoms with E-state index in [9.17, 15) is 9.90 Å². The van der Waals surface area contributed by atoms with E-state index < -0.39 is 0 Å². The molecule has 110 valence electrons. The van der Waals surface area contributed by atoms with E-state index in [1.807, 2.05) is 44.2 Å². The summed E-state index contributed by atoms with van der Waals surface area (Å²) in [5, 5.41) is 9.90. The monoisotopic (exact) mass is 276 g/mol. The second-order valence-electron chi connectivity index (χ2n) is 5.52. The van der Waals surface area contributed by atoms with E-state index in [2.05, 4.69) is 4.90 Å². The van der Waals surface area contributed by atoms with Crippen molar-refractivity contribution in [2.45, 2.75) is 26.4 Å². The number of piperidine rings is 1. The quantitative estimate of drug-likeness (QED) is 0.911. The van der Waals surface area contributed by atoms with Gasteiger partial charge in [-0.2, -0.15) is 0 Å². The molecule has 1 aliphatic heterocycles. The maximum Gasteiger partial charge on any atom is 0.242 e. The van der Waals surface area contributed by atoms with Crippen LogP contribution in [0, 0.1) is 5.92 Å². The van der Waals surface area contributed by atoms with E-state index in [1.165, 1.54) is 0 Å². The zero-order chi connectivity index (χ0) is 14.5. The summed E-state index contributed by atoms with van der Waals surface area (Å²) in [5.41, 5.74) is 1.06. The second kappa shape index (κ2) is 6.75. The van der Waals surface area contributed by atoms with Crippen molar-refractivity contribution in [2.24, 2.45) is 5.92 Å². The molecule has 0 aromatic heterocycles. The van der Waals surface area contributed by atoms with Gasteiger partial charge < -0.3 is 14.9 Å². The minimum Gasteiger partial charge on any atom is -0.391 e. The third kappa shape index (κ3) is 3.51. The summed E-state index contributed by atoms with van der Waals surface area (Å²) in [5.74, 6) is 0.386. The van der Waals surface area contributed by atoms with Crippen LogP contribution in [0.2, 0.25) is 0 Å². The normalized spacial score (nSPS) is 22.6. The first kappa shape index (κ1) is 14.9. The predicted molar refractivity (Wildman–Crippen MR) is 80.7 cm³/mol. The van der Waals surface area contributed by atoms with Gasteiger partial charge in [0.1, 0.15) is 0 Å².